The standard InChI is InChI=1S/C12H22O3S2/c1-8-10(15-12(2,3)14-8)7-9(13)11-16-5-4-6-17-11/h8-11,13H,4-7H2,1-3H3/t8-,9-,10-/m1/s1. The van der Waals surface area contributed by atoms with Crippen LogP contribution in [0.1, 0.15) is 33.6 Å². The van der Waals surface area contributed by atoms with E-state index in [9.17, 15) is 5.11 Å². The van der Waals surface area contributed by atoms with E-state index in [4.69, 9.17) is 9.47 Å². The summed E-state index contributed by atoms with van der Waals surface area (Å²) in [5.41, 5.74) is 0. The number of thioether (sulfide) groups is 2. The molecule has 100 valence electrons. The first kappa shape index (κ1) is 14.0. The lowest BCUT2D eigenvalue weighted by Gasteiger charge is -2.27. The van der Waals surface area contributed by atoms with Crippen LogP contribution in [0.5, 0.6) is 0 Å². The number of aliphatic hydroxyl groups is 1. The second-order valence-electron chi connectivity index (χ2n) is 5.15. The van der Waals surface area contributed by atoms with Crippen LogP contribution in [0.3, 0.4) is 0 Å². The van der Waals surface area contributed by atoms with Crippen molar-refractivity contribution in [2.24, 2.45) is 0 Å². The highest BCUT2D eigenvalue weighted by molar-refractivity contribution is 8.17. The van der Waals surface area contributed by atoms with Crippen molar-refractivity contribution in [2.45, 2.75) is 62.3 Å². The minimum Gasteiger partial charge on any atom is -0.391 e. The summed E-state index contributed by atoms with van der Waals surface area (Å²) in [6.45, 7) is 5.88. The molecule has 0 radical (unpaired) electrons. The summed E-state index contributed by atoms with van der Waals surface area (Å²) in [5.74, 6) is 1.83. The van der Waals surface area contributed by atoms with Crippen LogP contribution in [0.25, 0.3) is 0 Å². The Morgan fingerprint density at radius 3 is 2.47 bits per heavy atom. The molecule has 0 bridgehead atoms. The Morgan fingerprint density at radius 2 is 1.94 bits per heavy atom. The maximum absolute atomic E-state index is 10.2. The van der Waals surface area contributed by atoms with Gasteiger partial charge in [0.25, 0.3) is 0 Å². The number of hydrogen-bond donors (Lipinski definition) is 1. The maximum atomic E-state index is 10.2. The molecule has 3 nitrogen and oxygen atoms in total. The zero-order chi connectivity index (χ0) is 12.5. The van der Waals surface area contributed by atoms with Crippen LogP contribution in [-0.4, -0.2) is 45.3 Å². The van der Waals surface area contributed by atoms with Crippen LogP contribution >= 0.6 is 23.5 Å². The van der Waals surface area contributed by atoms with Crippen LogP contribution in [0, 0.1) is 0 Å². The number of rotatable bonds is 3. The number of hydrogen-bond acceptors (Lipinski definition) is 5. The van der Waals surface area contributed by atoms with Crippen LogP contribution < -0.4 is 0 Å². The predicted octanol–water partition coefficient (Wildman–Crippen LogP) is 2.47. The average Bonchev–Trinajstić information content (AvgIpc) is 2.53. The quantitative estimate of drug-likeness (QED) is 0.858. The fourth-order valence-corrected chi connectivity index (χ4v) is 5.23. The van der Waals surface area contributed by atoms with Gasteiger partial charge >= 0.3 is 0 Å². The summed E-state index contributed by atoms with van der Waals surface area (Å²) in [7, 11) is 0. The largest absolute Gasteiger partial charge is 0.391 e. The van der Waals surface area contributed by atoms with Crippen molar-refractivity contribution in [3.8, 4) is 0 Å². The summed E-state index contributed by atoms with van der Waals surface area (Å²) in [4.78, 5) is 0. The molecule has 17 heavy (non-hydrogen) atoms. The van der Waals surface area contributed by atoms with Gasteiger partial charge in [-0.3, -0.25) is 0 Å². The third-order valence-electron chi connectivity index (χ3n) is 3.07. The van der Waals surface area contributed by atoms with Crippen LogP contribution in [0.4, 0.5) is 0 Å². The zero-order valence-electron chi connectivity index (χ0n) is 10.7. The molecule has 3 atom stereocenters. The summed E-state index contributed by atoms with van der Waals surface area (Å²) in [5, 5.41) is 10.2. The van der Waals surface area contributed by atoms with Crippen LogP contribution in [0.15, 0.2) is 0 Å². The minimum absolute atomic E-state index is 0.0168. The smallest absolute Gasteiger partial charge is 0.163 e. The molecule has 2 saturated heterocycles. The molecule has 2 fully saturated rings. The third-order valence-corrected chi connectivity index (χ3v) is 6.22. The lowest BCUT2D eigenvalue weighted by Crippen LogP contribution is -2.32. The van der Waals surface area contributed by atoms with Gasteiger partial charge in [0.05, 0.1) is 22.9 Å². The highest BCUT2D eigenvalue weighted by Crippen LogP contribution is 2.37. The van der Waals surface area contributed by atoms with Gasteiger partial charge in [-0.15, -0.1) is 23.5 Å². The van der Waals surface area contributed by atoms with Gasteiger partial charge in [0.1, 0.15) is 0 Å². The molecule has 0 amide bonds. The van der Waals surface area contributed by atoms with Crippen molar-refractivity contribution in [2.75, 3.05) is 11.5 Å². The molecular formula is C12H22O3S2. The van der Waals surface area contributed by atoms with E-state index >= 15 is 0 Å². The third kappa shape index (κ3) is 3.77. The predicted molar refractivity (Wildman–Crippen MR) is 73.4 cm³/mol. The zero-order valence-corrected chi connectivity index (χ0v) is 12.4. The van der Waals surface area contributed by atoms with E-state index in [1.807, 2.05) is 44.3 Å². The first-order chi connectivity index (χ1) is 7.98. The normalized spacial score (nSPS) is 36.0. The van der Waals surface area contributed by atoms with Crippen molar-refractivity contribution in [3.05, 3.63) is 0 Å². The van der Waals surface area contributed by atoms with Crippen molar-refractivity contribution in [1.29, 1.82) is 0 Å². The van der Waals surface area contributed by atoms with Gasteiger partial charge in [0.2, 0.25) is 0 Å². The summed E-state index contributed by atoms with van der Waals surface area (Å²) in [6, 6.07) is 0. The molecule has 0 spiro atoms. The molecule has 1 N–H and O–H groups in total. The van der Waals surface area contributed by atoms with E-state index in [-0.39, 0.29) is 18.3 Å². The highest BCUT2D eigenvalue weighted by atomic mass is 32.2. The van der Waals surface area contributed by atoms with E-state index in [2.05, 4.69) is 0 Å². The molecule has 2 heterocycles. The Morgan fingerprint density at radius 1 is 1.29 bits per heavy atom. The van der Waals surface area contributed by atoms with E-state index in [1.165, 1.54) is 6.42 Å². The Labute approximate surface area is 112 Å². The van der Waals surface area contributed by atoms with E-state index in [0.29, 0.717) is 11.0 Å². The lowest BCUT2D eigenvalue weighted by molar-refractivity contribution is -0.146. The van der Waals surface area contributed by atoms with Gasteiger partial charge in [-0.25, -0.2) is 0 Å². The first-order valence-corrected chi connectivity index (χ1v) is 8.34. The van der Waals surface area contributed by atoms with Crippen LogP contribution in [-0.2, 0) is 9.47 Å². The van der Waals surface area contributed by atoms with Gasteiger partial charge in [-0.05, 0) is 38.7 Å². The second kappa shape index (κ2) is 5.70. The molecule has 0 unspecified atom stereocenters. The molecule has 0 aromatic carbocycles. The number of ether oxygens (including phenoxy) is 2. The molecule has 0 aliphatic carbocycles. The molecule has 0 aromatic rings. The number of aliphatic hydroxyl groups excluding tert-OH is 1. The van der Waals surface area contributed by atoms with Crippen molar-refractivity contribution >= 4 is 23.5 Å². The molecular weight excluding hydrogens is 256 g/mol. The van der Waals surface area contributed by atoms with Gasteiger partial charge in [-0.1, -0.05) is 0 Å². The Balaban J connectivity index is 1.83. The second-order valence-corrected chi connectivity index (χ2v) is 7.94. The molecule has 2 aliphatic heterocycles. The van der Waals surface area contributed by atoms with Crippen molar-refractivity contribution in [3.63, 3.8) is 0 Å². The Hall–Kier alpha value is 0.580. The van der Waals surface area contributed by atoms with E-state index in [1.54, 1.807) is 0 Å². The van der Waals surface area contributed by atoms with E-state index < -0.39 is 5.79 Å². The maximum Gasteiger partial charge on any atom is 0.163 e. The monoisotopic (exact) mass is 278 g/mol. The first-order valence-electron chi connectivity index (χ1n) is 6.25. The van der Waals surface area contributed by atoms with Crippen molar-refractivity contribution in [1.82, 2.24) is 0 Å². The minimum atomic E-state index is -0.503. The fourth-order valence-electron chi connectivity index (χ4n) is 2.33. The molecule has 5 heteroatoms. The molecule has 0 aromatic heterocycles. The van der Waals surface area contributed by atoms with Gasteiger partial charge in [0, 0.05) is 6.42 Å². The topological polar surface area (TPSA) is 38.7 Å². The average molecular weight is 278 g/mol. The van der Waals surface area contributed by atoms with Gasteiger partial charge in [-0.2, -0.15) is 0 Å². The summed E-state index contributed by atoms with van der Waals surface area (Å²) >= 11 is 3.74. The van der Waals surface area contributed by atoms with Gasteiger partial charge in [0.15, 0.2) is 5.79 Å². The summed E-state index contributed by atoms with van der Waals surface area (Å²) in [6.07, 6.45) is 1.72. The van der Waals surface area contributed by atoms with E-state index in [0.717, 1.165) is 11.5 Å². The Kier molecular flexibility index (Phi) is 4.69. The van der Waals surface area contributed by atoms with Crippen LogP contribution in [0.2, 0.25) is 0 Å². The fraction of sp³-hybridized carbons (Fsp3) is 1.00. The highest BCUT2D eigenvalue weighted by Gasteiger charge is 2.40. The van der Waals surface area contributed by atoms with Crippen molar-refractivity contribution < 1.29 is 14.6 Å². The molecule has 2 aliphatic rings. The Bertz CT molecular complexity index is 254. The molecule has 2 rings (SSSR count). The molecule has 0 saturated carbocycles. The SMILES string of the molecule is C[C@H]1OC(C)(C)O[C@@H]1C[C@@H](O)C1SCCCS1. The summed E-state index contributed by atoms with van der Waals surface area (Å²) < 4.78 is 11.8. The lowest BCUT2D eigenvalue weighted by atomic mass is 10.1. The van der Waals surface area contributed by atoms with Gasteiger partial charge < -0.3 is 14.6 Å².